The smallest absolute Gasteiger partial charge is 0.120 e. The van der Waals surface area contributed by atoms with E-state index in [9.17, 15) is 4.79 Å². The molecule has 0 unspecified atom stereocenters. The van der Waals surface area contributed by atoms with Gasteiger partial charge >= 0.3 is 0 Å². The van der Waals surface area contributed by atoms with E-state index in [0.29, 0.717) is 71.5 Å². The number of rotatable bonds is 21. The number of nitrogens with two attached hydrogens (primary N) is 2. The molecule has 0 aliphatic heterocycles. The molecule has 9 heteroatoms. The number of aldehydes is 1. The first kappa shape index (κ1) is 27.7. The van der Waals surface area contributed by atoms with Gasteiger partial charge < -0.3 is 45.4 Å². The quantitative estimate of drug-likeness (QED) is 0.187. The van der Waals surface area contributed by atoms with Crippen molar-refractivity contribution in [3.05, 3.63) is 36.2 Å². The molecule has 1 aromatic carbocycles. The van der Waals surface area contributed by atoms with Crippen LogP contribution in [0, 0.1) is 0 Å². The van der Waals surface area contributed by atoms with Gasteiger partial charge in [0, 0.05) is 44.5 Å². The average Bonchev–Trinajstić information content (AvgIpc) is 2.81. The van der Waals surface area contributed by atoms with Gasteiger partial charge in [-0.3, -0.25) is 0 Å². The minimum absolute atomic E-state index is 0.336. The number of unbranched alkanes of at least 4 members (excludes halogenated alkanes) is 1. The van der Waals surface area contributed by atoms with Gasteiger partial charge in [-0.15, -0.1) is 0 Å². The monoisotopic (exact) mass is 452 g/mol. The molecule has 0 amide bonds. The van der Waals surface area contributed by atoms with Crippen molar-refractivity contribution in [1.82, 2.24) is 5.32 Å². The van der Waals surface area contributed by atoms with Crippen LogP contribution in [-0.4, -0.2) is 78.7 Å². The number of nitrogens with zero attached hydrogens (tertiary/aromatic N) is 1. The molecule has 32 heavy (non-hydrogen) atoms. The molecule has 1 aromatic rings. The zero-order chi connectivity index (χ0) is 23.3. The number of carbonyl (C=O) groups excluding carboxylic acids is 1. The summed E-state index contributed by atoms with van der Waals surface area (Å²) >= 11 is 0. The summed E-state index contributed by atoms with van der Waals surface area (Å²) in [4.78, 5) is 12.4. The van der Waals surface area contributed by atoms with E-state index in [1.165, 1.54) is 0 Å². The van der Waals surface area contributed by atoms with E-state index >= 15 is 0 Å². The van der Waals surface area contributed by atoms with Crippen LogP contribution in [0.2, 0.25) is 0 Å². The molecule has 9 nitrogen and oxygen atoms in total. The lowest BCUT2D eigenvalue weighted by molar-refractivity contribution is -0.107. The van der Waals surface area contributed by atoms with Gasteiger partial charge in [-0.1, -0.05) is 0 Å². The third-order valence-corrected chi connectivity index (χ3v) is 4.42. The minimum Gasteiger partial charge on any atom is -0.491 e. The number of benzene rings is 1. The Morgan fingerprint density at radius 1 is 1.03 bits per heavy atom. The fourth-order valence-corrected chi connectivity index (χ4v) is 2.76. The Labute approximate surface area is 192 Å². The van der Waals surface area contributed by atoms with Crippen LogP contribution in [-0.2, 0) is 19.0 Å². The summed E-state index contributed by atoms with van der Waals surface area (Å²) in [5.74, 6) is 0.819. The summed E-state index contributed by atoms with van der Waals surface area (Å²) in [5.41, 5.74) is 13.2. The van der Waals surface area contributed by atoms with Crippen molar-refractivity contribution in [1.29, 1.82) is 0 Å². The SMILES string of the molecule is CCN(CCN)c1ccc(OCCOCCOCCOC/C(N)=C/NCCCC=O)cc1. The lowest BCUT2D eigenvalue weighted by Crippen LogP contribution is -2.28. The Hall–Kier alpha value is -2.33. The number of ether oxygens (including phenoxy) is 4. The molecule has 0 fully saturated rings. The third kappa shape index (κ3) is 13.9. The van der Waals surface area contributed by atoms with Crippen molar-refractivity contribution in [2.24, 2.45) is 11.5 Å². The molecule has 182 valence electrons. The minimum atomic E-state index is 0.336. The predicted octanol–water partition coefficient (Wildman–Crippen LogP) is 1.27. The van der Waals surface area contributed by atoms with Gasteiger partial charge in [-0.25, -0.2) is 0 Å². The summed E-state index contributed by atoms with van der Waals surface area (Å²) in [6.45, 7) is 8.47. The zero-order valence-corrected chi connectivity index (χ0v) is 19.3. The Bertz CT molecular complexity index is 613. The summed E-state index contributed by atoms with van der Waals surface area (Å²) in [5, 5.41) is 3.04. The van der Waals surface area contributed by atoms with Gasteiger partial charge in [0.15, 0.2) is 0 Å². The summed E-state index contributed by atoms with van der Waals surface area (Å²) in [6, 6.07) is 8.01. The first-order chi connectivity index (χ1) is 15.7. The largest absolute Gasteiger partial charge is 0.491 e. The van der Waals surface area contributed by atoms with Crippen LogP contribution in [0.5, 0.6) is 5.75 Å². The maximum Gasteiger partial charge on any atom is 0.120 e. The summed E-state index contributed by atoms with van der Waals surface area (Å²) in [6.07, 6.45) is 3.95. The van der Waals surface area contributed by atoms with Gasteiger partial charge in [0.05, 0.1) is 45.3 Å². The van der Waals surface area contributed by atoms with Crippen molar-refractivity contribution >= 4 is 12.0 Å². The highest BCUT2D eigenvalue weighted by Crippen LogP contribution is 2.19. The second-order valence-electron chi connectivity index (χ2n) is 6.97. The van der Waals surface area contributed by atoms with E-state index in [4.69, 9.17) is 30.4 Å². The molecule has 0 saturated heterocycles. The fourth-order valence-electron chi connectivity index (χ4n) is 2.76. The zero-order valence-electron chi connectivity index (χ0n) is 19.3. The predicted molar refractivity (Wildman–Crippen MR) is 127 cm³/mol. The first-order valence-electron chi connectivity index (χ1n) is 11.2. The molecule has 0 bridgehead atoms. The van der Waals surface area contributed by atoms with Crippen LogP contribution < -0.4 is 26.4 Å². The van der Waals surface area contributed by atoms with Crippen molar-refractivity contribution in [2.75, 3.05) is 77.3 Å². The molecular weight excluding hydrogens is 412 g/mol. The topological polar surface area (TPSA) is 121 Å². The maximum absolute atomic E-state index is 10.2. The number of carbonyl (C=O) groups is 1. The number of likely N-dealkylation sites (N-methyl/N-ethyl adjacent to an activating group) is 1. The van der Waals surface area contributed by atoms with Gasteiger partial charge in [0.25, 0.3) is 0 Å². The van der Waals surface area contributed by atoms with Crippen molar-refractivity contribution in [3.8, 4) is 5.75 Å². The van der Waals surface area contributed by atoms with Crippen LogP contribution >= 0.6 is 0 Å². The second-order valence-corrected chi connectivity index (χ2v) is 6.97. The van der Waals surface area contributed by atoms with Crippen LogP contribution in [0.3, 0.4) is 0 Å². The van der Waals surface area contributed by atoms with Crippen LogP contribution in [0.4, 0.5) is 5.69 Å². The van der Waals surface area contributed by atoms with Crippen LogP contribution in [0.15, 0.2) is 36.2 Å². The summed E-state index contributed by atoms with van der Waals surface area (Å²) in [7, 11) is 0. The van der Waals surface area contributed by atoms with Gasteiger partial charge in [0.1, 0.15) is 18.6 Å². The molecule has 0 aliphatic carbocycles. The highest BCUT2D eigenvalue weighted by molar-refractivity contribution is 5.49. The maximum atomic E-state index is 10.2. The average molecular weight is 453 g/mol. The molecule has 0 saturated carbocycles. The first-order valence-corrected chi connectivity index (χ1v) is 11.2. The Morgan fingerprint density at radius 2 is 1.69 bits per heavy atom. The van der Waals surface area contributed by atoms with E-state index in [2.05, 4.69) is 17.1 Å². The standard InChI is InChI=1S/C23H40N4O5/c1-2-27(11-9-24)22-5-7-23(8-6-22)32-18-17-30-14-13-29-15-16-31-20-21(25)19-26-10-3-4-12-28/h5-8,12,19,26H,2-4,9-11,13-18,20,24-25H2,1H3/b21-19-. The Balaban J connectivity index is 1.95. The molecule has 0 radical (unpaired) electrons. The van der Waals surface area contributed by atoms with Crippen LogP contribution in [0.25, 0.3) is 0 Å². The van der Waals surface area contributed by atoms with Crippen molar-refractivity contribution in [3.63, 3.8) is 0 Å². The number of nitrogens with one attached hydrogen (secondary N) is 1. The molecule has 0 aromatic heterocycles. The normalized spacial score (nSPS) is 11.4. The van der Waals surface area contributed by atoms with Gasteiger partial charge in [0.2, 0.25) is 0 Å². The summed E-state index contributed by atoms with van der Waals surface area (Å²) < 4.78 is 22.1. The number of hydrogen-bond acceptors (Lipinski definition) is 9. The molecule has 0 spiro atoms. The van der Waals surface area contributed by atoms with E-state index < -0.39 is 0 Å². The lowest BCUT2D eigenvalue weighted by atomic mass is 10.2. The molecular formula is C23H40N4O5. The Morgan fingerprint density at radius 3 is 2.31 bits per heavy atom. The second kappa shape index (κ2) is 19.4. The molecule has 0 atom stereocenters. The number of anilines is 1. The van der Waals surface area contributed by atoms with E-state index in [0.717, 1.165) is 37.2 Å². The highest BCUT2D eigenvalue weighted by atomic mass is 16.6. The van der Waals surface area contributed by atoms with Gasteiger partial charge in [-0.05, 0) is 37.6 Å². The van der Waals surface area contributed by atoms with Gasteiger partial charge in [-0.2, -0.15) is 0 Å². The van der Waals surface area contributed by atoms with Crippen molar-refractivity contribution < 1.29 is 23.7 Å². The fraction of sp³-hybridized carbons (Fsp3) is 0.609. The third-order valence-electron chi connectivity index (χ3n) is 4.42. The molecule has 0 heterocycles. The van der Waals surface area contributed by atoms with E-state index in [-0.39, 0.29) is 0 Å². The molecule has 1 rings (SSSR count). The highest BCUT2D eigenvalue weighted by Gasteiger charge is 2.03. The molecule has 0 aliphatic rings. The van der Waals surface area contributed by atoms with Crippen LogP contribution in [0.1, 0.15) is 19.8 Å². The lowest BCUT2D eigenvalue weighted by Gasteiger charge is -2.22. The number of hydrogen-bond donors (Lipinski definition) is 3. The van der Waals surface area contributed by atoms with E-state index in [1.54, 1.807) is 6.20 Å². The van der Waals surface area contributed by atoms with E-state index in [1.807, 2.05) is 24.3 Å². The molecule has 5 N–H and O–H groups in total. The van der Waals surface area contributed by atoms with Crippen molar-refractivity contribution in [2.45, 2.75) is 19.8 Å². The Kier molecular flexibility index (Phi) is 16.8.